The maximum Gasteiger partial charge on any atom is 0.221 e. The Morgan fingerprint density at radius 3 is 2.17 bits per heavy atom. The Hall–Kier alpha value is -1.51. The molecule has 5 rings (SSSR count). The van der Waals surface area contributed by atoms with Gasteiger partial charge in [0.25, 0.3) is 0 Å². The highest BCUT2D eigenvalue weighted by atomic mass is 16.5. The van der Waals surface area contributed by atoms with Crippen LogP contribution in [0.25, 0.3) is 0 Å². The fourth-order valence-electron chi connectivity index (χ4n) is 6.12. The Bertz CT molecular complexity index is 571. The average Bonchev–Trinajstić information content (AvgIpc) is 2.53. The Morgan fingerprint density at radius 2 is 1.67 bits per heavy atom. The molecular formula is C21H29NO2. The number of rotatable bonds is 5. The summed E-state index contributed by atoms with van der Waals surface area (Å²) in [5.41, 5.74) is 1.45. The van der Waals surface area contributed by atoms with Gasteiger partial charge in [0.1, 0.15) is 5.75 Å². The van der Waals surface area contributed by atoms with Crippen LogP contribution >= 0.6 is 0 Å². The molecule has 0 aliphatic heterocycles. The summed E-state index contributed by atoms with van der Waals surface area (Å²) in [5, 5.41) is 3.23. The molecule has 1 atom stereocenters. The summed E-state index contributed by atoms with van der Waals surface area (Å²) in [5.74, 6) is 3.81. The number of ether oxygens (including phenoxy) is 1. The fourth-order valence-corrected chi connectivity index (χ4v) is 6.12. The van der Waals surface area contributed by atoms with Crippen molar-refractivity contribution >= 4 is 5.91 Å². The van der Waals surface area contributed by atoms with Gasteiger partial charge in [0, 0.05) is 6.42 Å². The minimum atomic E-state index is 0.0531. The zero-order valence-corrected chi connectivity index (χ0v) is 14.9. The predicted octanol–water partition coefficient (Wildman–Crippen LogP) is 4.48. The number of nitrogens with one attached hydrogen (secondary N) is 1. The van der Waals surface area contributed by atoms with Crippen molar-refractivity contribution < 1.29 is 9.53 Å². The summed E-state index contributed by atoms with van der Waals surface area (Å²) in [7, 11) is 1.67. The number of hydrogen-bond donors (Lipinski definition) is 1. The van der Waals surface area contributed by atoms with E-state index >= 15 is 0 Å². The molecule has 4 aliphatic carbocycles. The normalized spacial score (nSPS) is 34.8. The molecule has 24 heavy (non-hydrogen) atoms. The van der Waals surface area contributed by atoms with Crippen LogP contribution in [0.3, 0.4) is 0 Å². The summed E-state index contributed by atoms with van der Waals surface area (Å²) in [4.78, 5) is 12.7. The van der Waals surface area contributed by atoms with Crippen LogP contribution in [0.15, 0.2) is 24.3 Å². The molecule has 1 N–H and O–H groups in total. The summed E-state index contributed by atoms with van der Waals surface area (Å²) in [6.07, 6.45) is 8.92. The standard InChI is InChI=1S/C21H29NO2/c1-14(18-3-5-19(24-2)6-4-18)22-20(23)13-21-10-15-7-16(11-21)9-17(8-15)12-21/h3-6,14-17H,7-13H2,1-2H3,(H,22,23)/t14-,15?,16?,17?,21?/m1/s1. The van der Waals surface area contributed by atoms with Gasteiger partial charge in [-0.25, -0.2) is 0 Å². The number of methoxy groups -OCH3 is 1. The monoisotopic (exact) mass is 327 g/mol. The van der Waals surface area contributed by atoms with E-state index < -0.39 is 0 Å². The van der Waals surface area contributed by atoms with Crippen molar-refractivity contribution in [3.05, 3.63) is 29.8 Å². The SMILES string of the molecule is COc1ccc([C@@H](C)NC(=O)CC23CC4CC(CC(C4)C2)C3)cc1. The van der Waals surface area contributed by atoms with E-state index in [1.807, 2.05) is 24.3 Å². The van der Waals surface area contributed by atoms with Crippen LogP contribution in [0.2, 0.25) is 0 Å². The maximum atomic E-state index is 12.7. The Balaban J connectivity index is 1.37. The van der Waals surface area contributed by atoms with E-state index in [-0.39, 0.29) is 11.9 Å². The van der Waals surface area contributed by atoms with Crippen LogP contribution in [0.5, 0.6) is 5.75 Å². The van der Waals surface area contributed by atoms with Crippen LogP contribution < -0.4 is 10.1 Å². The van der Waals surface area contributed by atoms with Gasteiger partial charge in [0.15, 0.2) is 0 Å². The lowest BCUT2D eigenvalue weighted by molar-refractivity contribution is -0.130. The van der Waals surface area contributed by atoms with Crippen LogP contribution in [0.1, 0.15) is 63.5 Å². The Labute approximate surface area is 145 Å². The molecule has 3 nitrogen and oxygen atoms in total. The van der Waals surface area contributed by atoms with Crippen LogP contribution in [-0.4, -0.2) is 13.0 Å². The van der Waals surface area contributed by atoms with Crippen molar-refractivity contribution in [3.8, 4) is 5.75 Å². The highest BCUT2D eigenvalue weighted by molar-refractivity contribution is 5.77. The molecule has 1 aromatic carbocycles. The summed E-state index contributed by atoms with van der Waals surface area (Å²) < 4.78 is 5.20. The molecule has 1 aromatic rings. The van der Waals surface area contributed by atoms with Crippen molar-refractivity contribution in [1.29, 1.82) is 0 Å². The highest BCUT2D eigenvalue weighted by Crippen LogP contribution is 2.61. The largest absolute Gasteiger partial charge is 0.497 e. The van der Waals surface area contributed by atoms with E-state index in [1.165, 1.54) is 38.5 Å². The third kappa shape index (κ3) is 3.05. The quantitative estimate of drug-likeness (QED) is 0.866. The molecule has 4 fully saturated rings. The van der Waals surface area contributed by atoms with E-state index in [9.17, 15) is 4.79 Å². The van der Waals surface area contributed by atoms with Crippen molar-refractivity contribution in [3.63, 3.8) is 0 Å². The van der Waals surface area contributed by atoms with E-state index in [0.717, 1.165) is 35.5 Å². The minimum Gasteiger partial charge on any atom is -0.497 e. The van der Waals surface area contributed by atoms with Gasteiger partial charge in [-0.15, -0.1) is 0 Å². The van der Waals surface area contributed by atoms with Gasteiger partial charge < -0.3 is 10.1 Å². The predicted molar refractivity (Wildman–Crippen MR) is 94.8 cm³/mol. The van der Waals surface area contributed by atoms with E-state index in [2.05, 4.69) is 12.2 Å². The first-order chi connectivity index (χ1) is 11.5. The molecule has 1 amide bonds. The first-order valence-corrected chi connectivity index (χ1v) is 9.48. The number of benzene rings is 1. The number of carbonyl (C=O) groups is 1. The van der Waals surface area contributed by atoms with Gasteiger partial charge in [-0.2, -0.15) is 0 Å². The molecular weight excluding hydrogens is 298 g/mol. The molecule has 0 unspecified atom stereocenters. The zero-order valence-electron chi connectivity index (χ0n) is 14.9. The fraction of sp³-hybridized carbons (Fsp3) is 0.667. The lowest BCUT2D eigenvalue weighted by atomic mass is 9.49. The van der Waals surface area contributed by atoms with Crippen LogP contribution in [0.4, 0.5) is 0 Å². The molecule has 0 spiro atoms. The van der Waals surface area contributed by atoms with Crippen molar-refractivity contribution in [2.75, 3.05) is 7.11 Å². The van der Waals surface area contributed by atoms with Crippen LogP contribution in [0, 0.1) is 23.2 Å². The first-order valence-electron chi connectivity index (χ1n) is 9.48. The lowest BCUT2D eigenvalue weighted by Crippen LogP contribution is -2.48. The molecule has 0 saturated heterocycles. The van der Waals surface area contributed by atoms with Gasteiger partial charge >= 0.3 is 0 Å². The second-order valence-electron chi connectivity index (χ2n) is 8.66. The van der Waals surface area contributed by atoms with Gasteiger partial charge in [0.05, 0.1) is 13.2 Å². The Kier molecular flexibility index (Phi) is 4.06. The molecule has 0 aromatic heterocycles. The molecule has 4 saturated carbocycles. The molecule has 0 radical (unpaired) electrons. The summed E-state index contributed by atoms with van der Waals surface area (Å²) in [6.45, 7) is 2.07. The zero-order chi connectivity index (χ0) is 16.7. The first kappa shape index (κ1) is 16.0. The van der Waals surface area contributed by atoms with Gasteiger partial charge in [-0.3, -0.25) is 4.79 Å². The third-order valence-electron chi connectivity index (χ3n) is 6.69. The van der Waals surface area contributed by atoms with Gasteiger partial charge in [0.2, 0.25) is 5.91 Å². The van der Waals surface area contributed by atoms with Gasteiger partial charge in [-0.05, 0) is 86.3 Å². The lowest BCUT2D eigenvalue weighted by Gasteiger charge is -2.56. The van der Waals surface area contributed by atoms with E-state index in [1.54, 1.807) is 7.11 Å². The maximum absolute atomic E-state index is 12.7. The number of amides is 1. The molecule has 130 valence electrons. The third-order valence-corrected chi connectivity index (χ3v) is 6.69. The topological polar surface area (TPSA) is 38.3 Å². The Morgan fingerprint density at radius 1 is 1.12 bits per heavy atom. The number of carbonyl (C=O) groups excluding carboxylic acids is 1. The number of hydrogen-bond acceptors (Lipinski definition) is 2. The van der Waals surface area contributed by atoms with Crippen molar-refractivity contribution in [2.24, 2.45) is 23.2 Å². The smallest absolute Gasteiger partial charge is 0.221 e. The average molecular weight is 327 g/mol. The van der Waals surface area contributed by atoms with E-state index in [0.29, 0.717) is 5.41 Å². The highest BCUT2D eigenvalue weighted by Gasteiger charge is 2.51. The second kappa shape index (κ2) is 6.09. The van der Waals surface area contributed by atoms with Crippen molar-refractivity contribution in [2.45, 2.75) is 57.9 Å². The van der Waals surface area contributed by atoms with E-state index in [4.69, 9.17) is 4.74 Å². The summed E-state index contributed by atoms with van der Waals surface area (Å²) in [6, 6.07) is 8.04. The van der Waals surface area contributed by atoms with Crippen molar-refractivity contribution in [1.82, 2.24) is 5.32 Å². The molecule has 3 heteroatoms. The van der Waals surface area contributed by atoms with Crippen LogP contribution in [-0.2, 0) is 4.79 Å². The molecule has 4 aliphatic rings. The minimum absolute atomic E-state index is 0.0531. The second-order valence-corrected chi connectivity index (χ2v) is 8.66. The summed E-state index contributed by atoms with van der Waals surface area (Å²) >= 11 is 0. The molecule has 4 bridgehead atoms. The van der Waals surface area contributed by atoms with Gasteiger partial charge in [-0.1, -0.05) is 12.1 Å². The molecule has 0 heterocycles.